The average Bonchev–Trinajstić information content (AvgIpc) is 2.82. The van der Waals surface area contributed by atoms with Crippen LogP contribution < -0.4 is 20.7 Å². The summed E-state index contributed by atoms with van der Waals surface area (Å²) < 4.78 is 13.1. The molecule has 32 heavy (non-hydrogen) atoms. The van der Waals surface area contributed by atoms with Crippen molar-refractivity contribution >= 4 is 16.7 Å². The summed E-state index contributed by atoms with van der Waals surface area (Å²) in [7, 11) is 2.94. The highest BCUT2D eigenvalue weighted by Crippen LogP contribution is 2.30. The fraction of sp³-hybridized carbons (Fsp3) is 0.160. The van der Waals surface area contributed by atoms with Crippen LogP contribution in [0.25, 0.3) is 16.6 Å². The molecule has 0 unspecified atom stereocenters. The van der Waals surface area contributed by atoms with E-state index in [1.807, 2.05) is 19.1 Å². The van der Waals surface area contributed by atoms with Gasteiger partial charge in [0.1, 0.15) is 0 Å². The Labute approximate surface area is 184 Å². The van der Waals surface area contributed by atoms with Crippen LogP contribution in [-0.2, 0) is 6.54 Å². The van der Waals surface area contributed by atoms with Gasteiger partial charge >= 0.3 is 5.69 Å². The van der Waals surface area contributed by atoms with Crippen molar-refractivity contribution in [1.29, 1.82) is 0 Å². The second kappa shape index (κ2) is 8.55. The summed E-state index contributed by atoms with van der Waals surface area (Å²) in [6, 6.07) is 18.8. The second-order valence-electron chi connectivity index (χ2n) is 7.36. The maximum absolute atomic E-state index is 13.5. The number of Topliss-reactive ketones (excluding diaryl/α,β-unsaturated/α-hetero) is 1. The number of rotatable bonds is 6. The number of hydrogen-bond acceptors (Lipinski definition) is 5. The minimum atomic E-state index is -0.610. The number of nitrogens with zero attached hydrogens (tertiary/aromatic N) is 2. The molecule has 4 aromatic rings. The largest absolute Gasteiger partial charge is 0.493 e. The van der Waals surface area contributed by atoms with Crippen molar-refractivity contribution in [3.63, 3.8) is 0 Å². The molecule has 0 spiro atoms. The molecule has 7 heteroatoms. The Morgan fingerprint density at radius 2 is 1.50 bits per heavy atom. The third-order valence-corrected chi connectivity index (χ3v) is 5.34. The van der Waals surface area contributed by atoms with Gasteiger partial charge in [-0.25, -0.2) is 9.36 Å². The van der Waals surface area contributed by atoms with Gasteiger partial charge in [0.05, 0.1) is 37.4 Å². The van der Waals surface area contributed by atoms with Crippen LogP contribution >= 0.6 is 0 Å². The number of fused-ring (bicyclic) bond motifs is 1. The molecule has 0 amide bonds. The Balaban J connectivity index is 2.01. The maximum Gasteiger partial charge on any atom is 0.336 e. The highest BCUT2D eigenvalue weighted by Gasteiger charge is 2.20. The molecule has 0 N–H and O–H groups in total. The van der Waals surface area contributed by atoms with E-state index in [4.69, 9.17) is 9.47 Å². The molecule has 0 saturated heterocycles. The zero-order chi connectivity index (χ0) is 22.8. The standard InChI is InChI=1S/C25H22N2O5/c1-16-9-11-17(12-10-16)21(28)15-26-20-14-23(32-3)22(31-2)13-19(20)24(29)27(25(26)30)18-7-5-4-6-8-18/h4-14H,15H2,1-3H3. The van der Waals surface area contributed by atoms with Crippen LogP contribution in [0.4, 0.5) is 0 Å². The maximum atomic E-state index is 13.5. The zero-order valence-electron chi connectivity index (χ0n) is 18.0. The van der Waals surface area contributed by atoms with E-state index in [1.54, 1.807) is 48.5 Å². The molecule has 0 fully saturated rings. The topological polar surface area (TPSA) is 79.5 Å². The molecule has 7 nitrogen and oxygen atoms in total. The van der Waals surface area contributed by atoms with E-state index >= 15 is 0 Å². The predicted molar refractivity (Wildman–Crippen MR) is 122 cm³/mol. The third-order valence-electron chi connectivity index (χ3n) is 5.34. The number of benzene rings is 3. The highest BCUT2D eigenvalue weighted by atomic mass is 16.5. The van der Waals surface area contributed by atoms with Crippen LogP contribution in [0.3, 0.4) is 0 Å². The number of ketones is 1. The lowest BCUT2D eigenvalue weighted by Gasteiger charge is -2.16. The van der Waals surface area contributed by atoms with Gasteiger partial charge < -0.3 is 9.47 Å². The molecule has 0 bridgehead atoms. The normalized spacial score (nSPS) is 10.8. The highest BCUT2D eigenvalue weighted by molar-refractivity contribution is 5.96. The molecular formula is C25H22N2O5. The number of aryl methyl sites for hydroxylation is 1. The first-order chi connectivity index (χ1) is 15.4. The summed E-state index contributed by atoms with van der Waals surface area (Å²) in [6.07, 6.45) is 0. The minimum Gasteiger partial charge on any atom is -0.493 e. The quantitative estimate of drug-likeness (QED) is 0.438. The molecular weight excluding hydrogens is 408 g/mol. The van der Waals surface area contributed by atoms with Gasteiger partial charge in [-0.05, 0) is 25.1 Å². The fourth-order valence-corrected chi connectivity index (χ4v) is 3.63. The molecule has 1 aromatic heterocycles. The summed E-state index contributed by atoms with van der Waals surface area (Å²) >= 11 is 0. The number of hydrogen-bond donors (Lipinski definition) is 0. The van der Waals surface area contributed by atoms with Crippen LogP contribution in [0.5, 0.6) is 11.5 Å². The van der Waals surface area contributed by atoms with E-state index in [9.17, 15) is 14.4 Å². The zero-order valence-corrected chi connectivity index (χ0v) is 18.0. The molecule has 0 aliphatic carbocycles. The van der Waals surface area contributed by atoms with E-state index in [1.165, 1.54) is 24.9 Å². The van der Waals surface area contributed by atoms with Gasteiger partial charge in [-0.3, -0.25) is 14.2 Å². The lowest BCUT2D eigenvalue weighted by molar-refractivity contribution is 0.0971. The Hall–Kier alpha value is -4.13. The molecule has 4 rings (SSSR count). The van der Waals surface area contributed by atoms with Gasteiger partial charge in [0.2, 0.25) is 0 Å². The minimum absolute atomic E-state index is 0.235. The van der Waals surface area contributed by atoms with Crippen LogP contribution in [0, 0.1) is 6.92 Å². The molecule has 0 aliphatic heterocycles. The number of carbonyl (C=O) groups is 1. The second-order valence-corrected chi connectivity index (χ2v) is 7.36. The third kappa shape index (κ3) is 3.69. The van der Waals surface area contributed by atoms with E-state index in [0.717, 1.165) is 10.1 Å². The van der Waals surface area contributed by atoms with Crippen LogP contribution in [0.15, 0.2) is 76.3 Å². The van der Waals surface area contributed by atoms with Crippen molar-refractivity contribution in [2.24, 2.45) is 0 Å². The number of methoxy groups -OCH3 is 2. The SMILES string of the molecule is COc1cc2c(=O)n(-c3ccccc3)c(=O)n(CC(=O)c3ccc(C)cc3)c2cc1OC. The average molecular weight is 430 g/mol. The lowest BCUT2D eigenvalue weighted by Crippen LogP contribution is -2.40. The number of carbonyl (C=O) groups excluding carboxylic acids is 1. The molecule has 0 radical (unpaired) electrons. The first-order valence-electron chi connectivity index (χ1n) is 10.0. The Bertz CT molecular complexity index is 1420. The molecule has 0 aliphatic rings. The summed E-state index contributed by atoms with van der Waals surface area (Å²) in [5, 5.41) is 0.239. The molecule has 3 aromatic carbocycles. The van der Waals surface area contributed by atoms with Gasteiger partial charge in [0.15, 0.2) is 17.3 Å². The Morgan fingerprint density at radius 1 is 0.875 bits per heavy atom. The van der Waals surface area contributed by atoms with Crippen molar-refractivity contribution in [3.8, 4) is 17.2 Å². The van der Waals surface area contributed by atoms with E-state index in [2.05, 4.69) is 0 Å². The smallest absolute Gasteiger partial charge is 0.336 e. The van der Waals surface area contributed by atoms with Crippen LogP contribution in [0.2, 0.25) is 0 Å². The van der Waals surface area contributed by atoms with Gasteiger partial charge in [-0.2, -0.15) is 0 Å². The number of aromatic nitrogens is 2. The Morgan fingerprint density at radius 3 is 2.12 bits per heavy atom. The number of para-hydroxylation sites is 1. The first-order valence-corrected chi connectivity index (χ1v) is 10.0. The summed E-state index contributed by atoms with van der Waals surface area (Å²) in [6.45, 7) is 1.70. The van der Waals surface area contributed by atoms with Crippen LogP contribution in [0.1, 0.15) is 15.9 Å². The van der Waals surface area contributed by atoms with Crippen molar-refractivity contribution in [1.82, 2.24) is 9.13 Å². The molecule has 0 saturated carbocycles. The van der Waals surface area contributed by atoms with Crippen molar-refractivity contribution < 1.29 is 14.3 Å². The first kappa shape index (κ1) is 21.1. The Kier molecular flexibility index (Phi) is 5.64. The van der Waals surface area contributed by atoms with Gasteiger partial charge in [-0.15, -0.1) is 0 Å². The summed E-state index contributed by atoms with van der Waals surface area (Å²) in [4.78, 5) is 39.8. The lowest BCUT2D eigenvalue weighted by atomic mass is 10.1. The van der Waals surface area contributed by atoms with Crippen molar-refractivity contribution in [2.75, 3.05) is 14.2 Å². The molecule has 1 heterocycles. The number of ether oxygens (including phenoxy) is 2. The van der Waals surface area contributed by atoms with E-state index < -0.39 is 11.2 Å². The monoisotopic (exact) mass is 430 g/mol. The molecule has 0 atom stereocenters. The van der Waals surface area contributed by atoms with Gasteiger partial charge in [0, 0.05) is 11.6 Å². The molecule has 162 valence electrons. The summed E-state index contributed by atoms with van der Waals surface area (Å²) in [5.74, 6) is 0.459. The van der Waals surface area contributed by atoms with E-state index in [0.29, 0.717) is 28.3 Å². The predicted octanol–water partition coefficient (Wildman–Crippen LogP) is 3.36. The fourth-order valence-electron chi connectivity index (χ4n) is 3.63. The van der Waals surface area contributed by atoms with Gasteiger partial charge in [-0.1, -0.05) is 48.0 Å². The summed E-state index contributed by atoms with van der Waals surface area (Å²) in [5.41, 5.74) is 1.10. The van der Waals surface area contributed by atoms with Crippen LogP contribution in [-0.4, -0.2) is 29.1 Å². The van der Waals surface area contributed by atoms with Crippen molar-refractivity contribution in [2.45, 2.75) is 13.5 Å². The van der Waals surface area contributed by atoms with Gasteiger partial charge in [0.25, 0.3) is 5.56 Å². The van der Waals surface area contributed by atoms with Crippen molar-refractivity contribution in [3.05, 3.63) is 98.7 Å². The van der Waals surface area contributed by atoms with E-state index in [-0.39, 0.29) is 17.7 Å².